The Hall–Kier alpha value is -1.78. The monoisotopic (exact) mass is 327 g/mol. The van der Waals surface area contributed by atoms with E-state index in [1.807, 2.05) is 65.2 Å². The van der Waals surface area contributed by atoms with Gasteiger partial charge in [0.2, 0.25) is 0 Å². The molecule has 0 saturated carbocycles. The number of nitrogens with zero attached hydrogens (tertiary/aromatic N) is 1. The lowest BCUT2D eigenvalue weighted by atomic mass is 10.00. The fraction of sp³-hybridized carbons (Fsp3) is 0.316. The summed E-state index contributed by atoms with van der Waals surface area (Å²) in [7, 11) is 0. The van der Waals surface area contributed by atoms with Crippen LogP contribution in [0.1, 0.15) is 28.9 Å². The molecule has 23 heavy (non-hydrogen) atoms. The predicted molar refractivity (Wildman–Crippen MR) is 95.7 cm³/mol. The fourth-order valence-corrected chi connectivity index (χ4v) is 3.64. The average Bonchev–Trinajstić information content (AvgIpc) is 2.62. The first-order valence-corrected chi connectivity index (χ1v) is 9.06. The third-order valence-electron chi connectivity index (χ3n) is 4.13. The number of hydrogen-bond donors (Lipinski definition) is 1. The van der Waals surface area contributed by atoms with Crippen molar-refractivity contribution < 1.29 is 9.90 Å². The number of benzene rings is 2. The molecule has 1 heterocycles. The van der Waals surface area contributed by atoms with Gasteiger partial charge < -0.3 is 10.0 Å². The molecule has 1 aliphatic heterocycles. The molecule has 1 unspecified atom stereocenters. The Labute approximate surface area is 141 Å². The van der Waals surface area contributed by atoms with Gasteiger partial charge >= 0.3 is 0 Å². The zero-order valence-electron chi connectivity index (χ0n) is 13.2. The molecular formula is C19H21NO2S. The Bertz CT molecular complexity index is 676. The van der Waals surface area contributed by atoms with Crippen molar-refractivity contribution in [2.24, 2.45) is 0 Å². The molecule has 3 nitrogen and oxygen atoms in total. The maximum atomic E-state index is 12.5. The Balaban J connectivity index is 1.79. The number of amides is 1. The Morgan fingerprint density at radius 1 is 1.09 bits per heavy atom. The molecule has 1 saturated heterocycles. The smallest absolute Gasteiger partial charge is 0.253 e. The summed E-state index contributed by atoms with van der Waals surface area (Å²) >= 11 is 1.90. The van der Waals surface area contributed by atoms with E-state index in [-0.39, 0.29) is 5.91 Å². The maximum Gasteiger partial charge on any atom is 0.253 e. The van der Waals surface area contributed by atoms with Crippen molar-refractivity contribution in [1.29, 1.82) is 0 Å². The van der Waals surface area contributed by atoms with Crippen LogP contribution in [0.5, 0.6) is 0 Å². The van der Waals surface area contributed by atoms with Crippen LogP contribution >= 0.6 is 11.8 Å². The van der Waals surface area contributed by atoms with Crippen LogP contribution in [0.15, 0.2) is 48.5 Å². The molecule has 2 aromatic carbocycles. The summed E-state index contributed by atoms with van der Waals surface area (Å²) in [6.45, 7) is 3.43. The van der Waals surface area contributed by atoms with E-state index in [0.717, 1.165) is 46.8 Å². The molecule has 0 radical (unpaired) electrons. The molecule has 1 N–H and O–H groups in total. The summed E-state index contributed by atoms with van der Waals surface area (Å²) in [6.07, 6.45) is -0.479. The van der Waals surface area contributed by atoms with Crippen LogP contribution in [0.4, 0.5) is 0 Å². The van der Waals surface area contributed by atoms with Crippen molar-refractivity contribution in [3.8, 4) is 11.1 Å². The van der Waals surface area contributed by atoms with Crippen LogP contribution in [0, 0.1) is 0 Å². The van der Waals surface area contributed by atoms with Crippen molar-refractivity contribution in [1.82, 2.24) is 4.90 Å². The normalized spacial score (nSPS) is 16.2. The summed E-state index contributed by atoms with van der Waals surface area (Å²) in [5.74, 6) is 2.17. The molecule has 1 amide bonds. The van der Waals surface area contributed by atoms with Gasteiger partial charge in [-0.05, 0) is 41.8 Å². The number of aliphatic hydroxyl groups is 1. The van der Waals surface area contributed by atoms with E-state index >= 15 is 0 Å². The summed E-state index contributed by atoms with van der Waals surface area (Å²) in [4.78, 5) is 14.4. The first-order chi connectivity index (χ1) is 11.1. The van der Waals surface area contributed by atoms with E-state index in [0.29, 0.717) is 0 Å². The number of thioether (sulfide) groups is 1. The zero-order valence-corrected chi connectivity index (χ0v) is 14.1. The van der Waals surface area contributed by atoms with Crippen molar-refractivity contribution in [3.05, 3.63) is 59.7 Å². The summed E-state index contributed by atoms with van der Waals surface area (Å²) in [5.41, 5.74) is 3.75. The molecule has 120 valence electrons. The van der Waals surface area contributed by atoms with Crippen molar-refractivity contribution >= 4 is 17.7 Å². The minimum Gasteiger partial charge on any atom is -0.389 e. The first kappa shape index (κ1) is 16.1. The molecule has 1 fully saturated rings. The summed E-state index contributed by atoms with van der Waals surface area (Å²) in [6, 6.07) is 15.6. The van der Waals surface area contributed by atoms with Crippen LogP contribution in [-0.2, 0) is 0 Å². The van der Waals surface area contributed by atoms with Gasteiger partial charge in [-0.25, -0.2) is 0 Å². The van der Waals surface area contributed by atoms with Crippen LogP contribution in [0.3, 0.4) is 0 Å². The third-order valence-corrected chi connectivity index (χ3v) is 5.08. The Morgan fingerprint density at radius 2 is 1.78 bits per heavy atom. The van der Waals surface area contributed by atoms with Gasteiger partial charge in [-0.15, -0.1) is 0 Å². The van der Waals surface area contributed by atoms with Crippen molar-refractivity contribution in [2.75, 3.05) is 24.6 Å². The molecule has 0 bridgehead atoms. The zero-order chi connectivity index (χ0) is 16.2. The summed E-state index contributed by atoms with van der Waals surface area (Å²) < 4.78 is 0. The molecular weight excluding hydrogens is 306 g/mol. The predicted octanol–water partition coefficient (Wildman–Crippen LogP) is 3.60. The third kappa shape index (κ3) is 3.77. The highest BCUT2D eigenvalue weighted by molar-refractivity contribution is 7.99. The summed E-state index contributed by atoms with van der Waals surface area (Å²) in [5, 5.41) is 9.70. The highest BCUT2D eigenvalue weighted by Crippen LogP contribution is 2.24. The van der Waals surface area contributed by atoms with Gasteiger partial charge in [-0.1, -0.05) is 30.3 Å². The second-order valence-electron chi connectivity index (χ2n) is 5.78. The first-order valence-electron chi connectivity index (χ1n) is 7.90. The maximum absolute atomic E-state index is 12.5. The van der Waals surface area contributed by atoms with E-state index in [4.69, 9.17) is 0 Å². The minimum absolute atomic E-state index is 0.120. The van der Waals surface area contributed by atoms with Gasteiger partial charge in [0, 0.05) is 30.2 Å². The van der Waals surface area contributed by atoms with Gasteiger partial charge in [-0.2, -0.15) is 11.8 Å². The minimum atomic E-state index is -0.479. The van der Waals surface area contributed by atoms with Gasteiger partial charge in [0.15, 0.2) is 0 Å². The van der Waals surface area contributed by atoms with E-state index in [2.05, 4.69) is 0 Å². The van der Waals surface area contributed by atoms with Crippen molar-refractivity contribution in [2.45, 2.75) is 13.0 Å². The quantitative estimate of drug-likeness (QED) is 0.936. The number of carbonyl (C=O) groups excluding carboxylic acids is 1. The number of carbonyl (C=O) groups is 1. The molecule has 3 rings (SSSR count). The topological polar surface area (TPSA) is 40.5 Å². The second kappa shape index (κ2) is 7.20. The molecule has 4 heteroatoms. The Morgan fingerprint density at radius 3 is 2.43 bits per heavy atom. The number of aliphatic hydroxyl groups excluding tert-OH is 1. The highest BCUT2D eigenvalue weighted by atomic mass is 32.2. The van der Waals surface area contributed by atoms with Gasteiger partial charge in [0.05, 0.1) is 6.10 Å². The second-order valence-corrected chi connectivity index (χ2v) is 7.01. The lowest BCUT2D eigenvalue weighted by Crippen LogP contribution is -2.37. The van der Waals surface area contributed by atoms with E-state index in [9.17, 15) is 9.90 Å². The molecule has 0 aromatic heterocycles. The van der Waals surface area contributed by atoms with E-state index in [1.165, 1.54) is 0 Å². The number of rotatable bonds is 3. The van der Waals surface area contributed by atoms with Gasteiger partial charge in [-0.3, -0.25) is 4.79 Å². The average molecular weight is 327 g/mol. The van der Waals surface area contributed by atoms with Crippen LogP contribution in [-0.4, -0.2) is 40.5 Å². The SMILES string of the molecule is CC(O)c1cccc(-c2ccc(C(=O)N3CCSCC3)cc2)c1. The largest absolute Gasteiger partial charge is 0.389 e. The van der Waals surface area contributed by atoms with Crippen molar-refractivity contribution in [3.63, 3.8) is 0 Å². The standard InChI is InChI=1S/C19H21NO2S/c1-14(21)17-3-2-4-18(13-17)15-5-7-16(8-6-15)19(22)20-9-11-23-12-10-20/h2-8,13-14,21H,9-12H2,1H3. The molecule has 2 aromatic rings. The number of hydrogen-bond acceptors (Lipinski definition) is 3. The fourth-order valence-electron chi connectivity index (χ4n) is 2.73. The molecule has 0 spiro atoms. The van der Waals surface area contributed by atoms with Crippen LogP contribution in [0.2, 0.25) is 0 Å². The van der Waals surface area contributed by atoms with Crippen LogP contribution < -0.4 is 0 Å². The molecule has 0 aliphatic carbocycles. The van der Waals surface area contributed by atoms with E-state index in [1.54, 1.807) is 6.92 Å². The lowest BCUT2D eigenvalue weighted by Gasteiger charge is -2.26. The lowest BCUT2D eigenvalue weighted by molar-refractivity contribution is 0.0772. The highest BCUT2D eigenvalue weighted by Gasteiger charge is 2.18. The van der Waals surface area contributed by atoms with Gasteiger partial charge in [0.25, 0.3) is 5.91 Å². The Kier molecular flexibility index (Phi) is 5.03. The molecule has 1 atom stereocenters. The van der Waals surface area contributed by atoms with Crippen LogP contribution in [0.25, 0.3) is 11.1 Å². The van der Waals surface area contributed by atoms with Gasteiger partial charge in [0.1, 0.15) is 0 Å². The van der Waals surface area contributed by atoms with E-state index < -0.39 is 6.10 Å². The molecule has 1 aliphatic rings.